The third-order valence-electron chi connectivity index (χ3n) is 4.16. The van der Waals surface area contributed by atoms with Gasteiger partial charge in [0.2, 0.25) is 0 Å². The van der Waals surface area contributed by atoms with Gasteiger partial charge in [-0.3, -0.25) is 0 Å². The summed E-state index contributed by atoms with van der Waals surface area (Å²) in [5.41, 5.74) is 5.03. The van der Waals surface area contributed by atoms with Crippen LogP contribution < -0.4 is 0 Å². The van der Waals surface area contributed by atoms with Crippen molar-refractivity contribution in [1.82, 2.24) is 0 Å². The number of benzene rings is 4. The average Bonchev–Trinajstić information content (AvgIpc) is 2.74. The maximum atomic E-state index is 2.19. The molecule has 0 fully saturated rings. The molecule has 126 valence electrons. The summed E-state index contributed by atoms with van der Waals surface area (Å²) >= 11 is 0. The van der Waals surface area contributed by atoms with Gasteiger partial charge >= 0.3 is 0 Å². The van der Waals surface area contributed by atoms with Crippen LogP contribution in [0.15, 0.2) is 119 Å². The Balaban J connectivity index is 1.40. The highest BCUT2D eigenvalue weighted by atomic mass is 33.1. The zero-order chi connectivity index (χ0) is 17.6. The molecule has 0 N–H and O–H groups in total. The molecule has 0 unspecified atom stereocenters. The Morgan fingerprint density at radius 2 is 0.615 bits per heavy atom. The van der Waals surface area contributed by atoms with Crippen LogP contribution in [0.5, 0.6) is 0 Å². The van der Waals surface area contributed by atoms with Crippen molar-refractivity contribution in [3.63, 3.8) is 0 Å². The quantitative estimate of drug-likeness (QED) is 0.328. The van der Waals surface area contributed by atoms with Crippen molar-refractivity contribution >= 4 is 21.6 Å². The van der Waals surface area contributed by atoms with Gasteiger partial charge in [-0.2, -0.15) is 0 Å². The van der Waals surface area contributed by atoms with E-state index >= 15 is 0 Å². The molecule has 0 bridgehead atoms. The first-order chi connectivity index (χ1) is 12.9. The molecular formula is C24H18S2. The minimum absolute atomic E-state index is 1.26. The largest absolute Gasteiger partial charge is 0.0622 e. The highest BCUT2D eigenvalue weighted by Gasteiger charge is 2.01. The van der Waals surface area contributed by atoms with Crippen LogP contribution in [0.1, 0.15) is 0 Å². The summed E-state index contributed by atoms with van der Waals surface area (Å²) < 4.78 is 0. The summed E-state index contributed by atoms with van der Waals surface area (Å²) in [5.74, 6) is 0. The lowest BCUT2D eigenvalue weighted by atomic mass is 10.1. The third-order valence-corrected chi connectivity index (χ3v) is 6.57. The van der Waals surface area contributed by atoms with E-state index in [-0.39, 0.29) is 0 Å². The van der Waals surface area contributed by atoms with Crippen molar-refractivity contribution in [3.8, 4) is 22.3 Å². The molecule has 0 aliphatic heterocycles. The zero-order valence-corrected chi connectivity index (χ0v) is 15.8. The molecule has 4 rings (SSSR count). The van der Waals surface area contributed by atoms with Crippen LogP contribution in [0, 0.1) is 0 Å². The maximum absolute atomic E-state index is 2.19. The first kappa shape index (κ1) is 17.0. The predicted molar refractivity (Wildman–Crippen MR) is 115 cm³/mol. The lowest BCUT2D eigenvalue weighted by Crippen LogP contribution is -1.77. The van der Waals surface area contributed by atoms with Crippen LogP contribution in [0.25, 0.3) is 22.3 Å². The summed E-state index contributed by atoms with van der Waals surface area (Å²) in [5, 5.41) is 0. The lowest BCUT2D eigenvalue weighted by Gasteiger charge is -2.06. The fourth-order valence-corrected chi connectivity index (χ4v) is 4.69. The molecular weight excluding hydrogens is 352 g/mol. The number of hydrogen-bond donors (Lipinski definition) is 0. The van der Waals surface area contributed by atoms with Gasteiger partial charge in [-0.25, -0.2) is 0 Å². The third kappa shape index (κ3) is 4.21. The SMILES string of the molecule is c1ccc(-c2ccc(SSc3ccc(-c4ccccc4)cc3)cc2)cc1. The van der Waals surface area contributed by atoms with E-state index in [0.29, 0.717) is 0 Å². The average molecular weight is 371 g/mol. The molecule has 0 heterocycles. The Morgan fingerprint density at radius 1 is 0.308 bits per heavy atom. The summed E-state index contributed by atoms with van der Waals surface area (Å²) in [6, 6.07) is 38.5. The second kappa shape index (κ2) is 8.31. The summed E-state index contributed by atoms with van der Waals surface area (Å²) in [4.78, 5) is 2.53. The van der Waals surface area contributed by atoms with Gasteiger partial charge in [-0.05, 0) is 46.5 Å². The van der Waals surface area contributed by atoms with E-state index in [4.69, 9.17) is 0 Å². The molecule has 0 saturated carbocycles. The monoisotopic (exact) mass is 370 g/mol. The summed E-state index contributed by atoms with van der Waals surface area (Å²) in [6.45, 7) is 0. The minimum Gasteiger partial charge on any atom is -0.0622 e. The molecule has 4 aromatic carbocycles. The molecule has 0 amide bonds. The Labute approximate surface area is 162 Å². The van der Waals surface area contributed by atoms with Gasteiger partial charge in [-0.1, -0.05) is 107 Å². The first-order valence-electron chi connectivity index (χ1n) is 8.54. The van der Waals surface area contributed by atoms with Gasteiger partial charge < -0.3 is 0 Å². The van der Waals surface area contributed by atoms with Gasteiger partial charge in [0.1, 0.15) is 0 Å². The van der Waals surface area contributed by atoms with Crippen LogP contribution in [0.3, 0.4) is 0 Å². The Kier molecular flexibility index (Phi) is 5.44. The normalized spacial score (nSPS) is 10.6. The highest BCUT2D eigenvalue weighted by molar-refractivity contribution is 8.76. The summed E-state index contributed by atoms with van der Waals surface area (Å²) in [7, 11) is 3.59. The van der Waals surface area contributed by atoms with E-state index in [0.717, 1.165) is 0 Å². The van der Waals surface area contributed by atoms with Crippen molar-refractivity contribution < 1.29 is 0 Å². The van der Waals surface area contributed by atoms with E-state index in [1.165, 1.54) is 32.0 Å². The van der Waals surface area contributed by atoms with E-state index in [1.54, 1.807) is 21.6 Å². The Bertz CT molecular complexity index is 861. The van der Waals surface area contributed by atoms with Gasteiger partial charge in [0.15, 0.2) is 0 Å². The van der Waals surface area contributed by atoms with E-state index in [1.807, 2.05) is 12.1 Å². The molecule has 0 atom stereocenters. The fraction of sp³-hybridized carbons (Fsp3) is 0. The molecule has 0 spiro atoms. The molecule has 0 aromatic heterocycles. The van der Waals surface area contributed by atoms with E-state index < -0.39 is 0 Å². The minimum atomic E-state index is 1.26. The van der Waals surface area contributed by atoms with Gasteiger partial charge in [0, 0.05) is 9.79 Å². The van der Waals surface area contributed by atoms with Crippen molar-refractivity contribution in [1.29, 1.82) is 0 Å². The summed E-state index contributed by atoms with van der Waals surface area (Å²) in [6.07, 6.45) is 0. The van der Waals surface area contributed by atoms with Crippen molar-refractivity contribution in [2.75, 3.05) is 0 Å². The molecule has 26 heavy (non-hydrogen) atoms. The van der Waals surface area contributed by atoms with Crippen molar-refractivity contribution in [2.45, 2.75) is 9.79 Å². The molecule has 2 heteroatoms. The van der Waals surface area contributed by atoms with Crippen LogP contribution in [0.4, 0.5) is 0 Å². The number of rotatable bonds is 5. The second-order valence-electron chi connectivity index (χ2n) is 5.95. The van der Waals surface area contributed by atoms with Crippen molar-refractivity contribution in [2.24, 2.45) is 0 Å². The fourth-order valence-electron chi connectivity index (χ4n) is 2.76. The second-order valence-corrected chi connectivity index (χ2v) is 8.22. The molecule has 0 saturated heterocycles. The van der Waals surface area contributed by atoms with Crippen LogP contribution in [0.2, 0.25) is 0 Å². The van der Waals surface area contributed by atoms with Gasteiger partial charge in [-0.15, -0.1) is 0 Å². The van der Waals surface area contributed by atoms with E-state index in [9.17, 15) is 0 Å². The maximum Gasteiger partial charge on any atom is 0.0186 e. The van der Waals surface area contributed by atoms with Crippen molar-refractivity contribution in [3.05, 3.63) is 109 Å². The molecule has 4 aromatic rings. The van der Waals surface area contributed by atoms with E-state index in [2.05, 4.69) is 97.1 Å². The Morgan fingerprint density at radius 3 is 0.962 bits per heavy atom. The van der Waals surface area contributed by atoms with Crippen LogP contribution >= 0.6 is 21.6 Å². The number of hydrogen-bond acceptors (Lipinski definition) is 2. The Hall–Kier alpha value is -2.42. The zero-order valence-electron chi connectivity index (χ0n) is 14.2. The lowest BCUT2D eigenvalue weighted by molar-refractivity contribution is 1.46. The highest BCUT2D eigenvalue weighted by Crippen LogP contribution is 2.38. The first-order valence-corrected chi connectivity index (χ1v) is 10.7. The smallest absolute Gasteiger partial charge is 0.0186 e. The molecule has 0 nitrogen and oxygen atoms in total. The topological polar surface area (TPSA) is 0 Å². The molecule has 0 aliphatic rings. The van der Waals surface area contributed by atoms with Gasteiger partial charge in [0.05, 0.1) is 0 Å². The molecule has 0 radical (unpaired) electrons. The van der Waals surface area contributed by atoms with Gasteiger partial charge in [0.25, 0.3) is 0 Å². The molecule has 0 aliphatic carbocycles. The standard InChI is InChI=1S/C24H18S2/c1-3-7-19(8-4-1)21-11-15-23(16-12-21)25-26-24-17-13-22(14-18-24)20-9-5-2-6-10-20/h1-18H. The van der Waals surface area contributed by atoms with Crippen LogP contribution in [-0.2, 0) is 0 Å². The van der Waals surface area contributed by atoms with Crippen LogP contribution in [-0.4, -0.2) is 0 Å². The predicted octanol–water partition coefficient (Wildman–Crippen LogP) is 7.82.